The molecule has 0 spiro atoms. The number of nitrogens with zero attached hydrogens (tertiary/aromatic N) is 7. The molecule has 31 heavy (non-hydrogen) atoms. The van der Waals surface area contributed by atoms with Gasteiger partial charge in [0.25, 0.3) is 5.56 Å². The van der Waals surface area contributed by atoms with Gasteiger partial charge in [-0.2, -0.15) is 4.98 Å². The summed E-state index contributed by atoms with van der Waals surface area (Å²) in [6.45, 7) is 0.277. The third kappa shape index (κ3) is 3.68. The molecule has 154 valence electrons. The van der Waals surface area contributed by atoms with Crippen molar-refractivity contribution in [2.75, 3.05) is 0 Å². The first kappa shape index (κ1) is 18.7. The van der Waals surface area contributed by atoms with Crippen LogP contribution in [0.15, 0.2) is 64.2 Å². The van der Waals surface area contributed by atoms with E-state index in [1.807, 2.05) is 0 Å². The second kappa shape index (κ2) is 7.52. The summed E-state index contributed by atoms with van der Waals surface area (Å²) in [5.74, 6) is -0.244. The van der Waals surface area contributed by atoms with Gasteiger partial charge in [-0.05, 0) is 42.0 Å². The normalized spacial score (nSPS) is 11.3. The van der Waals surface area contributed by atoms with Gasteiger partial charge in [0.15, 0.2) is 11.2 Å². The molecule has 0 unspecified atom stereocenters. The van der Waals surface area contributed by atoms with E-state index >= 15 is 0 Å². The van der Waals surface area contributed by atoms with E-state index in [-0.39, 0.29) is 42.0 Å². The Labute approximate surface area is 172 Å². The first-order valence-corrected chi connectivity index (χ1v) is 9.18. The summed E-state index contributed by atoms with van der Waals surface area (Å²) >= 11 is 0. The zero-order valence-electron chi connectivity index (χ0n) is 15.8. The Balaban J connectivity index is 1.40. The van der Waals surface area contributed by atoms with Crippen molar-refractivity contribution in [1.29, 1.82) is 0 Å². The number of halogens is 2. The van der Waals surface area contributed by atoms with E-state index in [9.17, 15) is 13.6 Å². The smallest absolute Gasteiger partial charge is 0.283 e. The van der Waals surface area contributed by atoms with Crippen molar-refractivity contribution >= 4 is 11.2 Å². The molecule has 0 N–H and O–H groups in total. The van der Waals surface area contributed by atoms with Crippen LogP contribution in [0.3, 0.4) is 0 Å². The third-order valence-electron chi connectivity index (χ3n) is 4.61. The lowest BCUT2D eigenvalue weighted by atomic mass is 10.2. The van der Waals surface area contributed by atoms with E-state index in [0.717, 1.165) is 5.56 Å². The molecule has 5 rings (SSSR count). The standard InChI is InChI=1S/C20H13F2N7O2/c21-14-5-1-12(2-6-14)9-29-19-17(25-27-29)20(30)28(11-23-19)10-16-24-18(26-31-16)13-3-7-15(22)8-4-13/h1-8,11H,9-10H2. The van der Waals surface area contributed by atoms with Gasteiger partial charge in [0, 0.05) is 5.56 Å². The molecule has 2 aromatic carbocycles. The van der Waals surface area contributed by atoms with E-state index in [0.29, 0.717) is 11.2 Å². The highest BCUT2D eigenvalue weighted by Gasteiger charge is 2.15. The summed E-state index contributed by atoms with van der Waals surface area (Å²) in [6.07, 6.45) is 1.34. The molecule has 0 radical (unpaired) electrons. The predicted octanol–water partition coefficient (Wildman–Crippen LogP) is 2.41. The molecule has 3 aromatic heterocycles. The number of benzene rings is 2. The maximum Gasteiger partial charge on any atom is 0.283 e. The lowest BCUT2D eigenvalue weighted by Gasteiger charge is -2.03. The van der Waals surface area contributed by atoms with Crippen molar-refractivity contribution in [1.82, 2.24) is 34.7 Å². The van der Waals surface area contributed by atoms with Crippen LogP contribution in [0.5, 0.6) is 0 Å². The molecule has 0 aliphatic rings. The Morgan fingerprint density at radius 2 is 1.65 bits per heavy atom. The summed E-state index contributed by atoms with van der Waals surface area (Å²) in [5, 5.41) is 11.8. The Morgan fingerprint density at radius 1 is 0.935 bits per heavy atom. The van der Waals surface area contributed by atoms with E-state index < -0.39 is 5.56 Å². The van der Waals surface area contributed by atoms with Crippen molar-refractivity contribution in [2.45, 2.75) is 13.1 Å². The van der Waals surface area contributed by atoms with Crippen LogP contribution in [0.4, 0.5) is 8.78 Å². The topological polar surface area (TPSA) is 105 Å². The number of hydrogen-bond donors (Lipinski definition) is 0. The van der Waals surface area contributed by atoms with E-state index in [1.54, 1.807) is 12.1 Å². The molecule has 5 aromatic rings. The zero-order valence-corrected chi connectivity index (χ0v) is 15.8. The summed E-state index contributed by atoms with van der Waals surface area (Å²) in [7, 11) is 0. The van der Waals surface area contributed by atoms with Crippen molar-refractivity contribution in [3.05, 3.63) is 88.3 Å². The molecule has 0 aliphatic heterocycles. The van der Waals surface area contributed by atoms with Crippen LogP contribution >= 0.6 is 0 Å². The van der Waals surface area contributed by atoms with E-state index in [2.05, 4.69) is 25.4 Å². The summed E-state index contributed by atoms with van der Waals surface area (Å²) in [4.78, 5) is 21.3. The minimum atomic E-state index is -0.420. The van der Waals surface area contributed by atoms with Crippen LogP contribution in [0.2, 0.25) is 0 Å². The van der Waals surface area contributed by atoms with Gasteiger partial charge in [-0.25, -0.2) is 18.4 Å². The first-order chi connectivity index (χ1) is 15.1. The SMILES string of the molecule is O=c1c2nnn(Cc3ccc(F)cc3)c2ncn1Cc1nc(-c2ccc(F)cc2)no1. The van der Waals surface area contributed by atoms with Gasteiger partial charge in [-0.15, -0.1) is 5.10 Å². The van der Waals surface area contributed by atoms with E-state index in [4.69, 9.17) is 4.52 Å². The molecular weight excluding hydrogens is 408 g/mol. The van der Waals surface area contributed by atoms with E-state index in [1.165, 1.54) is 52.0 Å². The second-order valence-corrected chi connectivity index (χ2v) is 6.74. The quantitative estimate of drug-likeness (QED) is 0.429. The van der Waals surface area contributed by atoms with Crippen molar-refractivity contribution in [3.8, 4) is 11.4 Å². The molecular formula is C20H13F2N7O2. The highest BCUT2D eigenvalue weighted by molar-refractivity contribution is 5.67. The molecule has 0 bridgehead atoms. The Bertz CT molecular complexity index is 1420. The molecule has 9 nitrogen and oxygen atoms in total. The maximum atomic E-state index is 13.1. The maximum absolute atomic E-state index is 13.1. The van der Waals surface area contributed by atoms with Crippen LogP contribution in [0.1, 0.15) is 11.5 Å². The fourth-order valence-corrected chi connectivity index (χ4v) is 3.05. The number of rotatable bonds is 5. The van der Waals surface area contributed by atoms with Gasteiger partial charge >= 0.3 is 0 Å². The first-order valence-electron chi connectivity index (χ1n) is 9.18. The lowest BCUT2D eigenvalue weighted by molar-refractivity contribution is 0.369. The molecule has 0 saturated carbocycles. The van der Waals surface area contributed by atoms with Crippen molar-refractivity contribution in [2.24, 2.45) is 0 Å². The second-order valence-electron chi connectivity index (χ2n) is 6.74. The van der Waals surface area contributed by atoms with Crippen LogP contribution in [0, 0.1) is 11.6 Å². The van der Waals surface area contributed by atoms with Gasteiger partial charge in [0.1, 0.15) is 24.5 Å². The Kier molecular flexibility index (Phi) is 4.54. The molecule has 11 heteroatoms. The highest BCUT2D eigenvalue weighted by atomic mass is 19.1. The molecule has 0 amide bonds. The number of fused-ring (bicyclic) bond motifs is 1. The van der Waals surface area contributed by atoms with Crippen LogP contribution in [-0.2, 0) is 13.1 Å². The third-order valence-corrected chi connectivity index (χ3v) is 4.61. The Morgan fingerprint density at radius 3 is 2.39 bits per heavy atom. The Hall–Kier alpha value is -4.28. The van der Waals surface area contributed by atoms with Crippen LogP contribution in [0.25, 0.3) is 22.6 Å². The molecule has 3 heterocycles. The van der Waals surface area contributed by atoms with Gasteiger partial charge in [0.2, 0.25) is 11.7 Å². The minimum Gasteiger partial charge on any atom is -0.337 e. The van der Waals surface area contributed by atoms with Gasteiger partial charge in [0.05, 0.1) is 6.54 Å². The average molecular weight is 421 g/mol. The molecule has 0 saturated heterocycles. The highest BCUT2D eigenvalue weighted by Crippen LogP contribution is 2.16. The molecule has 0 aliphatic carbocycles. The van der Waals surface area contributed by atoms with Crippen LogP contribution < -0.4 is 5.56 Å². The van der Waals surface area contributed by atoms with Crippen molar-refractivity contribution < 1.29 is 13.3 Å². The lowest BCUT2D eigenvalue weighted by Crippen LogP contribution is -2.21. The van der Waals surface area contributed by atoms with Gasteiger partial charge in [-0.3, -0.25) is 9.36 Å². The summed E-state index contributed by atoms with van der Waals surface area (Å²) in [6, 6.07) is 11.6. The fraction of sp³-hybridized carbons (Fsp3) is 0.100. The van der Waals surface area contributed by atoms with Crippen LogP contribution in [-0.4, -0.2) is 34.7 Å². The zero-order chi connectivity index (χ0) is 21.4. The number of hydrogen-bond acceptors (Lipinski definition) is 7. The molecule has 0 fully saturated rings. The van der Waals surface area contributed by atoms with Crippen molar-refractivity contribution in [3.63, 3.8) is 0 Å². The largest absolute Gasteiger partial charge is 0.337 e. The average Bonchev–Trinajstić information content (AvgIpc) is 3.40. The number of aromatic nitrogens is 7. The van der Waals surface area contributed by atoms with Gasteiger partial charge < -0.3 is 4.52 Å². The summed E-state index contributed by atoms with van der Waals surface area (Å²) in [5.41, 5.74) is 1.35. The monoisotopic (exact) mass is 421 g/mol. The predicted molar refractivity (Wildman–Crippen MR) is 104 cm³/mol. The fourth-order valence-electron chi connectivity index (χ4n) is 3.05. The molecule has 0 atom stereocenters. The summed E-state index contributed by atoms with van der Waals surface area (Å²) < 4.78 is 34.1. The minimum absolute atomic E-state index is 0.0131. The van der Waals surface area contributed by atoms with Gasteiger partial charge in [-0.1, -0.05) is 22.5 Å².